The van der Waals surface area contributed by atoms with Crippen molar-refractivity contribution >= 4 is 0 Å². The molecule has 0 spiro atoms. The molecule has 0 bridgehead atoms. The molecule has 0 amide bonds. The molecule has 1 heteroatoms. The Hall–Kier alpha value is 0.623. The van der Waals surface area contributed by atoms with Gasteiger partial charge in [0.25, 0.3) is 0 Å². The van der Waals surface area contributed by atoms with E-state index >= 15 is 0 Å². The largest absolute Gasteiger partial charge is 0.332 e. The summed E-state index contributed by atoms with van der Waals surface area (Å²) in [6.07, 6.45) is 6.18. The first-order valence-corrected chi connectivity index (χ1v) is 2.69. The molecule has 0 radical (unpaired) electrons. The molecular formula is C6H13Zn-. The average Bonchev–Trinajstić information content (AvgIpc) is 1.61. The molecular weight excluding hydrogens is 137 g/mol. The molecule has 0 aliphatic rings. The smallest absolute Gasteiger partial charge is 0 e. The molecule has 7 heavy (non-hydrogen) atoms. The van der Waals surface area contributed by atoms with E-state index in [2.05, 4.69) is 20.3 Å². The van der Waals surface area contributed by atoms with Gasteiger partial charge in [-0.3, -0.25) is 0 Å². The van der Waals surface area contributed by atoms with Crippen LogP contribution in [0, 0.1) is 6.42 Å². The SMILES string of the molecule is C[CH-]CCCC.[Zn]. The van der Waals surface area contributed by atoms with E-state index in [-0.39, 0.29) is 19.5 Å². The van der Waals surface area contributed by atoms with Crippen molar-refractivity contribution in [2.24, 2.45) is 0 Å². The Balaban J connectivity index is 0. The quantitative estimate of drug-likeness (QED) is 0.329. The zero-order valence-electron chi connectivity index (χ0n) is 5.41. The minimum atomic E-state index is 0. The van der Waals surface area contributed by atoms with Crippen LogP contribution in [0.4, 0.5) is 0 Å². The molecule has 0 saturated carbocycles. The van der Waals surface area contributed by atoms with Gasteiger partial charge in [-0.25, -0.2) is 0 Å². The normalized spacial score (nSPS) is 7.71. The van der Waals surface area contributed by atoms with E-state index in [4.69, 9.17) is 0 Å². The van der Waals surface area contributed by atoms with Crippen LogP contribution in [0.5, 0.6) is 0 Å². The van der Waals surface area contributed by atoms with Gasteiger partial charge in [-0.15, -0.1) is 0 Å². The molecule has 0 saturated heterocycles. The van der Waals surface area contributed by atoms with E-state index in [1.807, 2.05) is 0 Å². The first-order chi connectivity index (χ1) is 2.91. The molecule has 0 N–H and O–H groups in total. The van der Waals surface area contributed by atoms with Crippen molar-refractivity contribution in [3.8, 4) is 0 Å². The molecule has 0 nitrogen and oxygen atoms in total. The Morgan fingerprint density at radius 2 is 2.00 bits per heavy atom. The van der Waals surface area contributed by atoms with Crippen molar-refractivity contribution in [2.75, 3.05) is 0 Å². The molecule has 0 unspecified atom stereocenters. The molecule has 40 valence electrons. The van der Waals surface area contributed by atoms with Crippen LogP contribution in [0.3, 0.4) is 0 Å². The van der Waals surface area contributed by atoms with Gasteiger partial charge in [-0.05, 0) is 0 Å². The van der Waals surface area contributed by atoms with E-state index in [0.717, 1.165) is 0 Å². The molecule has 0 aliphatic carbocycles. The van der Waals surface area contributed by atoms with Crippen LogP contribution in [-0.2, 0) is 19.5 Å². The zero-order chi connectivity index (χ0) is 4.83. The fraction of sp³-hybridized carbons (Fsp3) is 0.833. The van der Waals surface area contributed by atoms with Gasteiger partial charge in [0.05, 0.1) is 0 Å². The third-order valence-electron chi connectivity index (χ3n) is 0.846. The Bertz CT molecular complexity index is 16.1. The van der Waals surface area contributed by atoms with Crippen molar-refractivity contribution < 1.29 is 19.5 Å². The summed E-state index contributed by atoms with van der Waals surface area (Å²) in [5, 5.41) is 0. The van der Waals surface area contributed by atoms with Crippen molar-refractivity contribution in [3.05, 3.63) is 6.42 Å². The number of unbranched alkanes of at least 4 members (excludes halogenated alkanes) is 3. The Labute approximate surface area is 59.4 Å². The molecule has 0 heterocycles. The number of rotatable bonds is 3. The van der Waals surface area contributed by atoms with Gasteiger partial charge in [0.15, 0.2) is 0 Å². The van der Waals surface area contributed by atoms with Gasteiger partial charge in [0.1, 0.15) is 0 Å². The monoisotopic (exact) mass is 149 g/mol. The molecule has 0 aromatic heterocycles. The molecule has 0 aromatic carbocycles. The van der Waals surface area contributed by atoms with E-state index in [9.17, 15) is 0 Å². The van der Waals surface area contributed by atoms with Gasteiger partial charge in [-0.2, -0.15) is 13.3 Å². The second-order valence-electron chi connectivity index (χ2n) is 1.55. The summed E-state index contributed by atoms with van der Waals surface area (Å²) in [5.41, 5.74) is 0. The van der Waals surface area contributed by atoms with Crippen molar-refractivity contribution in [3.63, 3.8) is 0 Å². The van der Waals surface area contributed by atoms with Gasteiger partial charge in [-0.1, -0.05) is 19.8 Å². The van der Waals surface area contributed by atoms with Crippen LogP contribution >= 0.6 is 0 Å². The molecule has 0 rings (SSSR count). The minimum Gasteiger partial charge on any atom is -0.332 e. The second-order valence-corrected chi connectivity index (χ2v) is 1.55. The topological polar surface area (TPSA) is 0 Å². The van der Waals surface area contributed by atoms with E-state index in [0.29, 0.717) is 0 Å². The van der Waals surface area contributed by atoms with Crippen LogP contribution < -0.4 is 0 Å². The zero-order valence-corrected chi connectivity index (χ0v) is 8.37. The summed E-state index contributed by atoms with van der Waals surface area (Å²) in [6, 6.07) is 0. The summed E-state index contributed by atoms with van der Waals surface area (Å²) in [7, 11) is 0. The fourth-order valence-electron chi connectivity index (χ4n) is 0.408. The molecule has 0 aromatic rings. The van der Waals surface area contributed by atoms with Crippen LogP contribution in [0.15, 0.2) is 0 Å². The third-order valence-corrected chi connectivity index (χ3v) is 0.846. The van der Waals surface area contributed by atoms with Gasteiger partial charge in [0, 0.05) is 19.5 Å². The molecule has 0 aliphatic heterocycles. The van der Waals surface area contributed by atoms with Gasteiger partial charge in [0.2, 0.25) is 0 Å². The molecule has 0 atom stereocenters. The third kappa shape index (κ3) is 10.8. The van der Waals surface area contributed by atoms with Gasteiger partial charge < -0.3 is 6.42 Å². The first-order valence-electron chi connectivity index (χ1n) is 2.69. The predicted octanol–water partition coefficient (Wildman–Crippen LogP) is 2.40. The van der Waals surface area contributed by atoms with E-state index in [1.165, 1.54) is 19.3 Å². The fourth-order valence-corrected chi connectivity index (χ4v) is 0.408. The standard InChI is InChI=1S/C6H13.Zn/c1-3-5-6-4-2;/h3H,4-6H2,1-2H3;/q-1;. The van der Waals surface area contributed by atoms with E-state index in [1.54, 1.807) is 0 Å². The maximum absolute atomic E-state index is 2.21. The van der Waals surface area contributed by atoms with Gasteiger partial charge >= 0.3 is 0 Å². The van der Waals surface area contributed by atoms with Crippen molar-refractivity contribution in [2.45, 2.75) is 33.1 Å². The maximum atomic E-state index is 2.21. The van der Waals surface area contributed by atoms with E-state index < -0.39 is 0 Å². The van der Waals surface area contributed by atoms with Crippen molar-refractivity contribution in [1.82, 2.24) is 0 Å². The first kappa shape index (κ1) is 10.6. The van der Waals surface area contributed by atoms with Crippen LogP contribution in [0.25, 0.3) is 0 Å². The van der Waals surface area contributed by atoms with Crippen molar-refractivity contribution in [1.29, 1.82) is 0 Å². The number of hydrogen-bond acceptors (Lipinski definition) is 0. The summed E-state index contributed by atoms with van der Waals surface area (Å²) in [4.78, 5) is 0. The van der Waals surface area contributed by atoms with Crippen LogP contribution in [0.2, 0.25) is 0 Å². The summed E-state index contributed by atoms with van der Waals surface area (Å²) >= 11 is 0. The Kier molecular flexibility index (Phi) is 14.8. The average molecular weight is 151 g/mol. The summed E-state index contributed by atoms with van der Waals surface area (Å²) in [5.74, 6) is 0. The van der Waals surface area contributed by atoms with Crippen LogP contribution in [0.1, 0.15) is 33.1 Å². The Morgan fingerprint density at radius 1 is 1.43 bits per heavy atom. The number of hydrogen-bond donors (Lipinski definition) is 0. The predicted molar refractivity (Wildman–Crippen MR) is 29.5 cm³/mol. The summed E-state index contributed by atoms with van der Waals surface area (Å²) in [6.45, 7) is 4.32. The molecule has 0 fully saturated rings. The minimum absolute atomic E-state index is 0. The Morgan fingerprint density at radius 3 is 2.14 bits per heavy atom. The second kappa shape index (κ2) is 9.80. The summed E-state index contributed by atoms with van der Waals surface area (Å²) < 4.78 is 0. The maximum Gasteiger partial charge on any atom is 0 e. The van der Waals surface area contributed by atoms with Crippen LogP contribution in [-0.4, -0.2) is 0 Å².